The van der Waals surface area contributed by atoms with Crippen molar-refractivity contribution in [2.45, 2.75) is 11.8 Å². The third kappa shape index (κ3) is 3.92. The molecule has 0 heterocycles. The van der Waals surface area contributed by atoms with Crippen LogP contribution in [0, 0.1) is 10.1 Å². The van der Waals surface area contributed by atoms with Crippen molar-refractivity contribution < 1.29 is 22.9 Å². The van der Waals surface area contributed by atoms with Crippen LogP contribution in [-0.4, -0.2) is 38.7 Å². The maximum Gasteiger partial charge on any atom is 0.325 e. The van der Waals surface area contributed by atoms with Gasteiger partial charge < -0.3 is 10.1 Å². The van der Waals surface area contributed by atoms with Gasteiger partial charge in [-0.05, 0) is 19.1 Å². The Morgan fingerprint density at radius 3 is 2.60 bits per heavy atom. The Morgan fingerprint density at radius 2 is 2.10 bits per heavy atom. The quantitative estimate of drug-likeness (QED) is 0.473. The lowest BCUT2D eigenvalue weighted by atomic mass is 10.2. The Kier molecular flexibility index (Phi) is 5.03. The monoisotopic (exact) mass is 302 g/mol. The molecule has 0 saturated carbocycles. The standard InChI is InChI=1S/C11H14N2O6S/c1-3-19-10(14)7-12-8-5-4-6-9(20(2,17)18)11(8)13(15)16/h4-6,12H,3,7H2,1-2H3. The van der Waals surface area contributed by atoms with Gasteiger partial charge in [0, 0.05) is 6.26 Å². The molecule has 0 aromatic heterocycles. The van der Waals surface area contributed by atoms with Gasteiger partial charge in [-0.3, -0.25) is 14.9 Å². The van der Waals surface area contributed by atoms with Crippen molar-refractivity contribution in [1.29, 1.82) is 0 Å². The van der Waals surface area contributed by atoms with Crippen molar-refractivity contribution in [3.05, 3.63) is 28.3 Å². The van der Waals surface area contributed by atoms with E-state index >= 15 is 0 Å². The molecular weight excluding hydrogens is 288 g/mol. The first-order chi connectivity index (χ1) is 9.27. The smallest absolute Gasteiger partial charge is 0.325 e. The van der Waals surface area contributed by atoms with E-state index in [0.29, 0.717) is 0 Å². The normalized spacial score (nSPS) is 10.9. The molecule has 0 aliphatic rings. The number of carbonyl (C=O) groups excluding carboxylic acids is 1. The highest BCUT2D eigenvalue weighted by atomic mass is 32.2. The molecule has 20 heavy (non-hydrogen) atoms. The molecule has 0 fully saturated rings. The van der Waals surface area contributed by atoms with E-state index in [0.717, 1.165) is 12.3 Å². The van der Waals surface area contributed by atoms with E-state index in [-0.39, 0.29) is 18.8 Å². The second-order valence-electron chi connectivity index (χ2n) is 3.84. The zero-order valence-corrected chi connectivity index (χ0v) is 11.8. The summed E-state index contributed by atoms with van der Waals surface area (Å²) < 4.78 is 27.7. The summed E-state index contributed by atoms with van der Waals surface area (Å²) in [6, 6.07) is 3.83. The SMILES string of the molecule is CCOC(=O)CNc1cccc(S(C)(=O)=O)c1[N+](=O)[O-]. The maximum absolute atomic E-state index is 11.5. The minimum atomic E-state index is -3.75. The molecule has 0 amide bonds. The molecule has 0 radical (unpaired) electrons. The van der Waals surface area contributed by atoms with Crippen LogP contribution in [0.2, 0.25) is 0 Å². The summed E-state index contributed by atoms with van der Waals surface area (Å²) in [4.78, 5) is 21.0. The molecular formula is C11H14N2O6S. The molecule has 1 aromatic rings. The van der Waals surface area contributed by atoms with Crippen LogP contribution in [-0.2, 0) is 19.4 Å². The topological polar surface area (TPSA) is 116 Å². The fourth-order valence-corrected chi connectivity index (χ4v) is 2.39. The van der Waals surface area contributed by atoms with Gasteiger partial charge in [-0.1, -0.05) is 6.07 Å². The third-order valence-corrected chi connectivity index (χ3v) is 3.44. The van der Waals surface area contributed by atoms with Crippen molar-refractivity contribution in [3.8, 4) is 0 Å². The highest BCUT2D eigenvalue weighted by molar-refractivity contribution is 7.90. The predicted octanol–water partition coefficient (Wildman–Crippen LogP) is 0.973. The summed E-state index contributed by atoms with van der Waals surface area (Å²) in [6.07, 6.45) is 0.879. The molecule has 0 unspecified atom stereocenters. The molecule has 8 nitrogen and oxygen atoms in total. The lowest BCUT2D eigenvalue weighted by Gasteiger charge is -2.08. The summed E-state index contributed by atoms with van der Waals surface area (Å²) >= 11 is 0. The van der Waals surface area contributed by atoms with Gasteiger partial charge in [0.25, 0.3) is 0 Å². The predicted molar refractivity (Wildman–Crippen MR) is 71.3 cm³/mol. The number of benzene rings is 1. The average molecular weight is 302 g/mol. The molecule has 1 N–H and O–H groups in total. The van der Waals surface area contributed by atoms with Gasteiger partial charge in [0.05, 0.1) is 11.5 Å². The second kappa shape index (κ2) is 6.33. The first kappa shape index (κ1) is 15.9. The van der Waals surface area contributed by atoms with Gasteiger partial charge in [0.15, 0.2) is 9.84 Å². The number of esters is 1. The fraction of sp³-hybridized carbons (Fsp3) is 0.364. The van der Waals surface area contributed by atoms with Gasteiger partial charge >= 0.3 is 11.7 Å². The molecule has 0 bridgehead atoms. The number of nitrogens with one attached hydrogen (secondary N) is 1. The van der Waals surface area contributed by atoms with Crippen LogP contribution >= 0.6 is 0 Å². The highest BCUT2D eigenvalue weighted by Crippen LogP contribution is 2.31. The molecule has 0 saturated heterocycles. The van der Waals surface area contributed by atoms with Crippen LogP contribution in [0.3, 0.4) is 0 Å². The zero-order chi connectivity index (χ0) is 15.3. The van der Waals surface area contributed by atoms with E-state index in [9.17, 15) is 23.3 Å². The number of nitrogens with zero attached hydrogens (tertiary/aromatic N) is 1. The van der Waals surface area contributed by atoms with Gasteiger partial charge in [-0.25, -0.2) is 8.42 Å². The van der Waals surface area contributed by atoms with E-state index in [1.807, 2.05) is 0 Å². The second-order valence-corrected chi connectivity index (χ2v) is 5.82. The van der Waals surface area contributed by atoms with E-state index in [2.05, 4.69) is 10.1 Å². The molecule has 1 rings (SSSR count). The summed E-state index contributed by atoms with van der Waals surface area (Å²) in [5.74, 6) is -0.591. The molecule has 110 valence electrons. The number of para-hydroxylation sites is 1. The minimum Gasteiger partial charge on any atom is -0.465 e. The van der Waals surface area contributed by atoms with Crippen LogP contribution in [0.15, 0.2) is 23.1 Å². The van der Waals surface area contributed by atoms with E-state index in [1.54, 1.807) is 6.92 Å². The number of carbonyl (C=O) groups is 1. The van der Waals surface area contributed by atoms with Crippen LogP contribution in [0.1, 0.15) is 6.92 Å². The van der Waals surface area contributed by atoms with Gasteiger partial charge in [0.1, 0.15) is 17.1 Å². The van der Waals surface area contributed by atoms with Crippen LogP contribution < -0.4 is 5.32 Å². The molecule has 9 heteroatoms. The molecule has 0 spiro atoms. The lowest BCUT2D eigenvalue weighted by molar-refractivity contribution is -0.386. The van der Waals surface area contributed by atoms with Crippen molar-refractivity contribution >= 4 is 27.2 Å². The third-order valence-electron chi connectivity index (χ3n) is 2.31. The zero-order valence-electron chi connectivity index (χ0n) is 11.0. The average Bonchev–Trinajstić information content (AvgIpc) is 2.35. The Labute approximate surface area is 115 Å². The number of nitro groups is 1. The maximum atomic E-state index is 11.5. The van der Waals surface area contributed by atoms with E-state index in [4.69, 9.17) is 0 Å². The van der Waals surface area contributed by atoms with Gasteiger partial charge in [-0.15, -0.1) is 0 Å². The Bertz CT molecular complexity index is 626. The molecule has 0 aliphatic heterocycles. The van der Waals surface area contributed by atoms with Crippen LogP contribution in [0.25, 0.3) is 0 Å². The van der Waals surface area contributed by atoms with Gasteiger partial charge in [0.2, 0.25) is 0 Å². The number of anilines is 1. The van der Waals surface area contributed by atoms with E-state index in [1.165, 1.54) is 12.1 Å². The fourth-order valence-electron chi connectivity index (χ4n) is 1.53. The first-order valence-electron chi connectivity index (χ1n) is 5.64. The number of sulfone groups is 1. The summed E-state index contributed by atoms with van der Waals surface area (Å²) in [5, 5.41) is 13.6. The molecule has 0 aliphatic carbocycles. The summed E-state index contributed by atoms with van der Waals surface area (Å²) in [7, 11) is -3.75. The Balaban J connectivity index is 3.14. The number of hydrogen-bond acceptors (Lipinski definition) is 7. The first-order valence-corrected chi connectivity index (χ1v) is 7.53. The molecule has 0 atom stereocenters. The van der Waals surface area contributed by atoms with Crippen molar-refractivity contribution in [1.82, 2.24) is 0 Å². The lowest BCUT2D eigenvalue weighted by Crippen LogP contribution is -2.17. The largest absolute Gasteiger partial charge is 0.465 e. The van der Waals surface area contributed by atoms with Gasteiger partial charge in [-0.2, -0.15) is 0 Å². The van der Waals surface area contributed by atoms with E-state index < -0.39 is 31.3 Å². The van der Waals surface area contributed by atoms with Crippen molar-refractivity contribution in [2.75, 3.05) is 24.7 Å². The summed E-state index contributed by atoms with van der Waals surface area (Å²) in [6.45, 7) is 1.53. The number of hydrogen-bond donors (Lipinski definition) is 1. The minimum absolute atomic E-state index is 0.0500. The van der Waals surface area contributed by atoms with Crippen LogP contribution in [0.5, 0.6) is 0 Å². The highest BCUT2D eigenvalue weighted by Gasteiger charge is 2.26. The number of ether oxygens (including phenoxy) is 1. The Morgan fingerprint density at radius 1 is 1.45 bits per heavy atom. The van der Waals surface area contributed by atoms with Crippen LogP contribution in [0.4, 0.5) is 11.4 Å². The molecule has 1 aromatic carbocycles. The van der Waals surface area contributed by atoms with Crippen molar-refractivity contribution in [3.63, 3.8) is 0 Å². The number of nitro benzene ring substituents is 1. The number of rotatable bonds is 6. The Hall–Kier alpha value is -2.16. The van der Waals surface area contributed by atoms with Crippen molar-refractivity contribution in [2.24, 2.45) is 0 Å². The summed E-state index contributed by atoms with van der Waals surface area (Å²) in [5.41, 5.74) is -0.634.